The van der Waals surface area contributed by atoms with Crippen molar-refractivity contribution in [3.63, 3.8) is 0 Å². The molecule has 25 heavy (non-hydrogen) atoms. The van der Waals surface area contributed by atoms with E-state index in [0.29, 0.717) is 17.6 Å². The van der Waals surface area contributed by atoms with Gasteiger partial charge in [0.05, 0.1) is 11.3 Å². The van der Waals surface area contributed by atoms with Crippen molar-refractivity contribution in [3.8, 4) is 11.4 Å². The first kappa shape index (κ1) is 16.2. The van der Waals surface area contributed by atoms with Crippen molar-refractivity contribution in [1.82, 2.24) is 25.0 Å². The summed E-state index contributed by atoms with van der Waals surface area (Å²) in [5, 5.41) is 4.83. The van der Waals surface area contributed by atoms with Crippen LogP contribution in [0.5, 0.6) is 0 Å². The molecule has 2 aromatic heterocycles. The van der Waals surface area contributed by atoms with Gasteiger partial charge in [-0.15, -0.1) is 0 Å². The number of rotatable bonds is 4. The van der Waals surface area contributed by atoms with Crippen molar-refractivity contribution >= 4 is 11.6 Å². The maximum Gasteiger partial charge on any atom is 0.223 e. The van der Waals surface area contributed by atoms with Crippen LogP contribution in [0.2, 0.25) is 5.02 Å². The fourth-order valence-corrected chi connectivity index (χ4v) is 3.51. The van der Waals surface area contributed by atoms with E-state index in [1.54, 1.807) is 19.4 Å². The lowest BCUT2D eigenvalue weighted by molar-refractivity contribution is 0.326. The SMILES string of the molecule is Cc1nc(-c2cncnc2C2CCN(Cc3ccccc3Cl)C2)no1. The van der Waals surface area contributed by atoms with Crippen molar-refractivity contribution < 1.29 is 4.52 Å². The predicted molar refractivity (Wildman–Crippen MR) is 94.1 cm³/mol. The minimum absolute atomic E-state index is 0.319. The Morgan fingerprint density at radius 1 is 1.32 bits per heavy atom. The molecule has 1 aliphatic heterocycles. The second-order valence-corrected chi connectivity index (χ2v) is 6.68. The fraction of sp³-hybridized carbons (Fsp3) is 0.333. The topological polar surface area (TPSA) is 67.9 Å². The van der Waals surface area contributed by atoms with Crippen LogP contribution in [-0.4, -0.2) is 38.1 Å². The van der Waals surface area contributed by atoms with Crippen LogP contribution in [0, 0.1) is 6.92 Å². The van der Waals surface area contributed by atoms with Gasteiger partial charge in [-0.25, -0.2) is 9.97 Å². The Labute approximate surface area is 150 Å². The number of aromatic nitrogens is 4. The molecule has 0 saturated carbocycles. The third-order valence-corrected chi connectivity index (χ3v) is 4.89. The normalized spacial score (nSPS) is 17.9. The van der Waals surface area contributed by atoms with E-state index >= 15 is 0 Å². The Kier molecular flexibility index (Phi) is 4.46. The highest BCUT2D eigenvalue weighted by Crippen LogP contribution is 2.32. The van der Waals surface area contributed by atoms with Crippen LogP contribution in [0.4, 0.5) is 0 Å². The first-order valence-corrected chi connectivity index (χ1v) is 8.65. The van der Waals surface area contributed by atoms with Gasteiger partial charge in [0.15, 0.2) is 0 Å². The quantitative estimate of drug-likeness (QED) is 0.713. The first-order valence-electron chi connectivity index (χ1n) is 8.27. The van der Waals surface area contributed by atoms with Gasteiger partial charge in [-0.1, -0.05) is 35.0 Å². The monoisotopic (exact) mass is 355 g/mol. The molecule has 0 N–H and O–H groups in total. The lowest BCUT2D eigenvalue weighted by atomic mass is 10.00. The number of nitrogens with zero attached hydrogens (tertiary/aromatic N) is 5. The molecule has 4 rings (SSSR count). The molecular weight excluding hydrogens is 338 g/mol. The highest BCUT2D eigenvalue weighted by Gasteiger charge is 2.28. The lowest BCUT2D eigenvalue weighted by Crippen LogP contribution is -2.20. The van der Waals surface area contributed by atoms with E-state index < -0.39 is 0 Å². The number of likely N-dealkylation sites (tertiary alicyclic amines) is 1. The molecule has 1 fully saturated rings. The van der Waals surface area contributed by atoms with Gasteiger partial charge in [0.25, 0.3) is 0 Å². The van der Waals surface area contributed by atoms with Gasteiger partial charge in [0.1, 0.15) is 6.33 Å². The zero-order chi connectivity index (χ0) is 17.2. The van der Waals surface area contributed by atoms with Crippen molar-refractivity contribution in [2.24, 2.45) is 0 Å². The summed E-state index contributed by atoms with van der Waals surface area (Å²) in [6, 6.07) is 7.99. The summed E-state index contributed by atoms with van der Waals surface area (Å²) in [6.07, 6.45) is 4.39. The molecule has 1 aliphatic rings. The van der Waals surface area contributed by atoms with Crippen LogP contribution in [0.1, 0.15) is 29.5 Å². The Hall–Kier alpha value is -2.31. The number of halogens is 1. The van der Waals surface area contributed by atoms with Crippen LogP contribution in [0.15, 0.2) is 41.3 Å². The van der Waals surface area contributed by atoms with E-state index in [1.165, 1.54) is 0 Å². The van der Waals surface area contributed by atoms with Gasteiger partial charge in [-0.3, -0.25) is 4.90 Å². The zero-order valence-corrected chi connectivity index (χ0v) is 14.6. The summed E-state index contributed by atoms with van der Waals surface area (Å²) < 4.78 is 5.11. The average Bonchev–Trinajstić information content (AvgIpc) is 3.26. The molecule has 128 valence electrons. The summed E-state index contributed by atoms with van der Waals surface area (Å²) >= 11 is 6.29. The molecule has 1 aromatic carbocycles. The van der Waals surface area contributed by atoms with Crippen molar-refractivity contribution in [2.45, 2.75) is 25.8 Å². The molecule has 0 radical (unpaired) electrons. The van der Waals surface area contributed by atoms with Gasteiger partial charge in [0, 0.05) is 37.2 Å². The Morgan fingerprint density at radius 3 is 3.00 bits per heavy atom. The number of hydrogen-bond acceptors (Lipinski definition) is 6. The van der Waals surface area contributed by atoms with Crippen molar-refractivity contribution in [1.29, 1.82) is 0 Å². The van der Waals surface area contributed by atoms with E-state index in [2.05, 4.69) is 31.1 Å². The van der Waals surface area contributed by atoms with E-state index in [4.69, 9.17) is 16.1 Å². The summed E-state index contributed by atoms with van der Waals surface area (Å²) in [6.45, 7) is 4.55. The molecule has 7 heteroatoms. The number of benzene rings is 1. The summed E-state index contributed by atoms with van der Waals surface area (Å²) in [5.74, 6) is 1.41. The van der Waals surface area contributed by atoms with Gasteiger partial charge >= 0.3 is 0 Å². The maximum atomic E-state index is 6.29. The van der Waals surface area contributed by atoms with E-state index in [-0.39, 0.29) is 0 Å². The van der Waals surface area contributed by atoms with Gasteiger partial charge in [-0.05, 0) is 24.6 Å². The highest BCUT2D eigenvalue weighted by atomic mass is 35.5. The largest absolute Gasteiger partial charge is 0.339 e. The molecule has 0 amide bonds. The van der Waals surface area contributed by atoms with Crippen molar-refractivity contribution in [2.75, 3.05) is 13.1 Å². The molecule has 3 aromatic rings. The Bertz CT molecular complexity index is 881. The zero-order valence-electron chi connectivity index (χ0n) is 13.9. The summed E-state index contributed by atoms with van der Waals surface area (Å²) in [5.41, 5.74) is 2.99. The molecule has 1 unspecified atom stereocenters. The molecule has 3 heterocycles. The fourth-order valence-electron chi connectivity index (χ4n) is 3.31. The van der Waals surface area contributed by atoms with Gasteiger partial charge in [0.2, 0.25) is 11.7 Å². The van der Waals surface area contributed by atoms with Crippen LogP contribution in [0.3, 0.4) is 0 Å². The average molecular weight is 356 g/mol. The van der Waals surface area contributed by atoms with Crippen molar-refractivity contribution in [3.05, 3.63) is 59.0 Å². The van der Waals surface area contributed by atoms with E-state index in [9.17, 15) is 0 Å². The molecule has 0 spiro atoms. The van der Waals surface area contributed by atoms with Gasteiger partial charge in [-0.2, -0.15) is 4.98 Å². The van der Waals surface area contributed by atoms with Crippen LogP contribution in [-0.2, 0) is 6.54 Å². The molecule has 1 atom stereocenters. The van der Waals surface area contributed by atoms with Crippen LogP contribution >= 0.6 is 11.6 Å². The van der Waals surface area contributed by atoms with E-state index in [0.717, 1.165) is 47.9 Å². The molecular formula is C18H18ClN5O. The third-order valence-electron chi connectivity index (χ3n) is 4.52. The Balaban J connectivity index is 1.54. The predicted octanol–water partition coefficient (Wildman–Crippen LogP) is 3.48. The number of hydrogen-bond donors (Lipinski definition) is 0. The summed E-state index contributed by atoms with van der Waals surface area (Å²) in [7, 11) is 0. The molecule has 1 saturated heterocycles. The third kappa shape index (κ3) is 3.41. The standard InChI is InChI=1S/C18H18ClN5O/c1-12-22-18(23-25-12)15-8-20-11-21-17(15)14-6-7-24(10-14)9-13-4-2-3-5-16(13)19/h2-5,8,11,14H,6-7,9-10H2,1H3. The highest BCUT2D eigenvalue weighted by molar-refractivity contribution is 6.31. The molecule has 0 aliphatic carbocycles. The van der Waals surface area contributed by atoms with E-state index in [1.807, 2.05) is 18.2 Å². The minimum Gasteiger partial charge on any atom is -0.339 e. The number of aryl methyl sites for hydroxylation is 1. The minimum atomic E-state index is 0.319. The van der Waals surface area contributed by atoms with Crippen LogP contribution < -0.4 is 0 Å². The first-order chi connectivity index (χ1) is 12.2. The smallest absolute Gasteiger partial charge is 0.223 e. The molecule has 6 nitrogen and oxygen atoms in total. The molecule has 0 bridgehead atoms. The lowest BCUT2D eigenvalue weighted by Gasteiger charge is -2.17. The second-order valence-electron chi connectivity index (χ2n) is 6.27. The van der Waals surface area contributed by atoms with Crippen LogP contribution in [0.25, 0.3) is 11.4 Å². The Morgan fingerprint density at radius 2 is 2.20 bits per heavy atom. The maximum absolute atomic E-state index is 6.29. The second kappa shape index (κ2) is 6.90. The van der Waals surface area contributed by atoms with Gasteiger partial charge < -0.3 is 4.52 Å². The summed E-state index contributed by atoms with van der Waals surface area (Å²) in [4.78, 5) is 15.4.